The van der Waals surface area contributed by atoms with E-state index < -0.39 is 23.9 Å². The van der Waals surface area contributed by atoms with E-state index in [1.807, 2.05) is 0 Å². The van der Waals surface area contributed by atoms with Gasteiger partial charge in [-0.2, -0.15) is 0 Å². The molecule has 3 N–H and O–H groups in total. The molecule has 3 aromatic rings. The molecule has 3 rings (SSSR count). The smallest absolute Gasteiger partial charge is 0.328 e. The Bertz CT molecular complexity index is 1130. The minimum atomic E-state index is -0.805. The fraction of sp³-hybridized carbons (Fsp3) is 0.217. The largest absolute Gasteiger partial charge is 0.467 e. The molecule has 0 radical (unpaired) electrons. The lowest BCUT2D eigenvalue weighted by Gasteiger charge is -2.18. The van der Waals surface area contributed by atoms with Gasteiger partial charge in [0.1, 0.15) is 11.7 Å². The molecule has 0 bridgehead atoms. The van der Waals surface area contributed by atoms with Crippen molar-refractivity contribution in [1.29, 1.82) is 0 Å². The van der Waals surface area contributed by atoms with Crippen molar-refractivity contribution < 1.29 is 23.6 Å². The van der Waals surface area contributed by atoms with Crippen molar-refractivity contribution in [3.05, 3.63) is 65.4 Å². The highest BCUT2D eigenvalue weighted by molar-refractivity contribution is 6.30. The summed E-state index contributed by atoms with van der Waals surface area (Å²) in [6, 6.07) is 13.8. The summed E-state index contributed by atoms with van der Waals surface area (Å²) in [6.07, 6.45) is 0. The SMILES string of the molecule is COC(=O)C(NC(=O)c1cc(-c2ccc(NC(=O)Nc3ccc(Cl)cc3)cc2)no1)C(C)C. The average Bonchev–Trinajstić information content (AvgIpc) is 3.29. The van der Waals surface area contributed by atoms with Gasteiger partial charge < -0.3 is 25.2 Å². The molecule has 1 heterocycles. The Morgan fingerprint density at radius 1 is 0.970 bits per heavy atom. The maximum Gasteiger partial charge on any atom is 0.328 e. The number of urea groups is 1. The van der Waals surface area contributed by atoms with Crippen LogP contribution in [-0.2, 0) is 9.53 Å². The molecule has 0 aliphatic rings. The first-order valence-corrected chi connectivity index (χ1v) is 10.4. The normalized spacial score (nSPS) is 11.5. The molecule has 1 atom stereocenters. The summed E-state index contributed by atoms with van der Waals surface area (Å²) in [6.45, 7) is 3.58. The van der Waals surface area contributed by atoms with E-state index >= 15 is 0 Å². The number of carbonyl (C=O) groups excluding carboxylic acids is 3. The minimum Gasteiger partial charge on any atom is -0.467 e. The van der Waals surface area contributed by atoms with Gasteiger partial charge in [-0.05, 0) is 42.3 Å². The van der Waals surface area contributed by atoms with Gasteiger partial charge in [-0.15, -0.1) is 0 Å². The number of rotatable bonds is 7. The van der Waals surface area contributed by atoms with Crippen LogP contribution in [0.5, 0.6) is 0 Å². The third kappa shape index (κ3) is 6.33. The fourth-order valence-corrected chi connectivity index (χ4v) is 3.03. The number of anilines is 2. The first-order chi connectivity index (χ1) is 15.8. The maximum absolute atomic E-state index is 12.5. The van der Waals surface area contributed by atoms with Crippen molar-refractivity contribution in [2.45, 2.75) is 19.9 Å². The van der Waals surface area contributed by atoms with Crippen LogP contribution in [0.4, 0.5) is 16.2 Å². The molecule has 0 fully saturated rings. The fourth-order valence-electron chi connectivity index (χ4n) is 2.91. The van der Waals surface area contributed by atoms with E-state index in [4.69, 9.17) is 20.9 Å². The molecule has 0 aliphatic carbocycles. The van der Waals surface area contributed by atoms with Crippen LogP contribution in [0.15, 0.2) is 59.1 Å². The van der Waals surface area contributed by atoms with Gasteiger partial charge in [0, 0.05) is 28.0 Å². The number of ether oxygens (including phenoxy) is 1. The Morgan fingerprint density at radius 2 is 1.55 bits per heavy atom. The van der Waals surface area contributed by atoms with Gasteiger partial charge in [-0.25, -0.2) is 9.59 Å². The predicted octanol–water partition coefficient (Wildman–Crippen LogP) is 4.57. The average molecular weight is 471 g/mol. The lowest BCUT2D eigenvalue weighted by Crippen LogP contribution is -2.44. The van der Waals surface area contributed by atoms with E-state index in [9.17, 15) is 14.4 Å². The van der Waals surface area contributed by atoms with Crippen molar-refractivity contribution in [3.63, 3.8) is 0 Å². The van der Waals surface area contributed by atoms with Crippen molar-refractivity contribution in [1.82, 2.24) is 10.5 Å². The number of hydrogen-bond donors (Lipinski definition) is 3. The third-order valence-corrected chi connectivity index (χ3v) is 4.93. The minimum absolute atomic E-state index is 0.0379. The van der Waals surface area contributed by atoms with E-state index in [1.165, 1.54) is 13.2 Å². The van der Waals surface area contributed by atoms with Gasteiger partial charge in [-0.3, -0.25) is 4.79 Å². The van der Waals surface area contributed by atoms with E-state index in [-0.39, 0.29) is 11.7 Å². The monoisotopic (exact) mass is 470 g/mol. The standard InChI is InChI=1S/C23H23ClN4O5/c1-13(2)20(22(30)32-3)27-21(29)19-12-18(28-33-19)14-4-8-16(9-5-14)25-23(31)26-17-10-6-15(24)7-11-17/h4-13,20H,1-3H3,(H,27,29)(H2,25,26,31). The van der Waals surface area contributed by atoms with E-state index in [1.54, 1.807) is 62.4 Å². The molecule has 172 valence electrons. The number of benzene rings is 2. The van der Waals surface area contributed by atoms with E-state index in [0.717, 1.165) is 0 Å². The second-order valence-corrected chi connectivity index (χ2v) is 7.89. The lowest BCUT2D eigenvalue weighted by atomic mass is 10.0. The molecule has 2 aromatic carbocycles. The highest BCUT2D eigenvalue weighted by atomic mass is 35.5. The number of amides is 3. The lowest BCUT2D eigenvalue weighted by molar-refractivity contribution is -0.144. The molecule has 3 amide bonds. The van der Waals surface area contributed by atoms with Crippen LogP contribution in [-0.4, -0.2) is 36.2 Å². The molecule has 9 nitrogen and oxygen atoms in total. The summed E-state index contributed by atoms with van der Waals surface area (Å²) in [4.78, 5) is 36.4. The number of carbonyl (C=O) groups is 3. The van der Waals surface area contributed by atoms with Crippen LogP contribution in [0.1, 0.15) is 24.4 Å². The van der Waals surface area contributed by atoms with Gasteiger partial charge in [-0.1, -0.05) is 42.7 Å². The Kier molecular flexibility index (Phi) is 7.68. The summed E-state index contributed by atoms with van der Waals surface area (Å²) in [7, 11) is 1.26. The Hall–Kier alpha value is -3.85. The van der Waals surface area contributed by atoms with Crippen molar-refractivity contribution in [3.8, 4) is 11.3 Å². The van der Waals surface area contributed by atoms with Crippen LogP contribution in [0.3, 0.4) is 0 Å². The van der Waals surface area contributed by atoms with Crippen molar-refractivity contribution >= 4 is 40.9 Å². The zero-order chi connectivity index (χ0) is 24.0. The zero-order valence-corrected chi connectivity index (χ0v) is 19.0. The number of halogens is 1. The Labute approximate surface area is 195 Å². The van der Waals surface area contributed by atoms with Gasteiger partial charge >= 0.3 is 12.0 Å². The van der Waals surface area contributed by atoms with Crippen molar-refractivity contribution in [2.75, 3.05) is 17.7 Å². The molecule has 10 heteroatoms. The molecule has 0 saturated heterocycles. The predicted molar refractivity (Wildman–Crippen MR) is 124 cm³/mol. The highest BCUT2D eigenvalue weighted by Gasteiger charge is 2.27. The van der Waals surface area contributed by atoms with Crippen LogP contribution in [0, 0.1) is 5.92 Å². The first-order valence-electron chi connectivity index (χ1n) is 10.1. The van der Waals surface area contributed by atoms with E-state index in [0.29, 0.717) is 27.7 Å². The number of nitrogens with one attached hydrogen (secondary N) is 3. The Morgan fingerprint density at radius 3 is 2.09 bits per heavy atom. The molecule has 0 aliphatic heterocycles. The number of hydrogen-bond acceptors (Lipinski definition) is 6. The van der Waals surface area contributed by atoms with Gasteiger partial charge in [0.2, 0.25) is 5.76 Å². The third-order valence-electron chi connectivity index (χ3n) is 4.68. The maximum atomic E-state index is 12.5. The van der Waals surface area contributed by atoms with Gasteiger partial charge in [0.05, 0.1) is 7.11 Å². The van der Waals surface area contributed by atoms with Gasteiger partial charge in [0.25, 0.3) is 5.91 Å². The molecule has 1 unspecified atom stereocenters. The number of methoxy groups -OCH3 is 1. The molecule has 1 aromatic heterocycles. The van der Waals surface area contributed by atoms with Crippen molar-refractivity contribution in [2.24, 2.45) is 5.92 Å². The van der Waals surface area contributed by atoms with Crippen LogP contribution in [0.2, 0.25) is 5.02 Å². The highest BCUT2D eigenvalue weighted by Crippen LogP contribution is 2.22. The summed E-state index contributed by atoms with van der Waals surface area (Å²) in [5, 5.41) is 12.5. The quantitative estimate of drug-likeness (QED) is 0.435. The topological polar surface area (TPSA) is 123 Å². The van der Waals surface area contributed by atoms with Crippen LogP contribution >= 0.6 is 11.6 Å². The second-order valence-electron chi connectivity index (χ2n) is 7.46. The van der Waals surface area contributed by atoms with E-state index in [2.05, 4.69) is 21.1 Å². The summed E-state index contributed by atoms with van der Waals surface area (Å²) in [5.74, 6) is -1.32. The molecular weight excluding hydrogens is 448 g/mol. The molecule has 33 heavy (non-hydrogen) atoms. The Balaban J connectivity index is 1.62. The first kappa shape index (κ1) is 23.8. The van der Waals surface area contributed by atoms with Crippen LogP contribution in [0.25, 0.3) is 11.3 Å². The summed E-state index contributed by atoms with van der Waals surface area (Å²) in [5.41, 5.74) is 2.27. The van der Waals surface area contributed by atoms with Crippen LogP contribution < -0.4 is 16.0 Å². The number of aromatic nitrogens is 1. The second kappa shape index (κ2) is 10.6. The van der Waals surface area contributed by atoms with Gasteiger partial charge in [0.15, 0.2) is 0 Å². The number of esters is 1. The zero-order valence-electron chi connectivity index (χ0n) is 18.2. The number of nitrogens with zero attached hydrogens (tertiary/aromatic N) is 1. The summed E-state index contributed by atoms with van der Waals surface area (Å²) >= 11 is 5.83. The molecular formula is C23H23ClN4O5. The molecule has 0 saturated carbocycles. The molecule has 0 spiro atoms. The summed E-state index contributed by atoms with van der Waals surface area (Å²) < 4.78 is 9.86.